The number of benzene rings is 3. The molecule has 2 aliphatic heterocycles. The van der Waals surface area contributed by atoms with Gasteiger partial charge in [0.2, 0.25) is 17.7 Å². The molecule has 0 saturated carbocycles. The van der Waals surface area contributed by atoms with Crippen LogP contribution in [0.5, 0.6) is 0 Å². The lowest BCUT2D eigenvalue weighted by molar-refractivity contribution is -0.141. The molecule has 0 radical (unpaired) electrons. The van der Waals surface area contributed by atoms with Gasteiger partial charge in [-0.2, -0.15) is 18.4 Å². The molecule has 4 heterocycles. The van der Waals surface area contributed by atoms with Crippen molar-refractivity contribution in [2.45, 2.75) is 135 Å². The maximum atomic E-state index is 15.5. The van der Waals surface area contributed by atoms with E-state index in [0.29, 0.717) is 42.6 Å². The highest BCUT2D eigenvalue weighted by Crippen LogP contribution is 2.40. The highest BCUT2D eigenvalue weighted by Gasteiger charge is 2.51. The minimum atomic E-state index is -4.87. The van der Waals surface area contributed by atoms with Crippen LogP contribution in [0.15, 0.2) is 76.8 Å². The SMILES string of the molecule is Cc1cc([C@H](C(=O)N2C[C@H](O)C[C@H]2C(=O)N[C@@H](CC(=O)NCCCCCCCCCNC(=O)c2ccc(N3C(=S)N(c4ccc(C#N)c(C(F)(F)F)c4)C(=O)C3(C)C)cc2F)c2ccc(-c3scnc3C)cc2)C(C)C)on1. The van der Waals surface area contributed by atoms with Gasteiger partial charge in [0.25, 0.3) is 11.8 Å². The second-order valence-electron chi connectivity index (χ2n) is 20.5. The highest BCUT2D eigenvalue weighted by molar-refractivity contribution is 7.81. The normalized spacial score (nSPS) is 17.1. The van der Waals surface area contributed by atoms with Crippen LogP contribution in [0.3, 0.4) is 0 Å². The zero-order valence-electron chi connectivity index (χ0n) is 44.2. The third-order valence-corrected chi connectivity index (χ3v) is 15.4. The summed E-state index contributed by atoms with van der Waals surface area (Å²) in [7, 11) is 0. The van der Waals surface area contributed by atoms with Crippen LogP contribution in [-0.4, -0.2) is 92.1 Å². The van der Waals surface area contributed by atoms with E-state index in [9.17, 15) is 47.5 Å². The maximum Gasteiger partial charge on any atom is 0.417 e. The van der Waals surface area contributed by atoms with Gasteiger partial charge in [0.1, 0.15) is 29.1 Å². The maximum absolute atomic E-state index is 15.5. The Morgan fingerprint density at radius 1 is 0.936 bits per heavy atom. The first kappa shape index (κ1) is 58.6. The van der Waals surface area contributed by atoms with Crippen LogP contribution < -0.4 is 25.8 Å². The Morgan fingerprint density at radius 3 is 2.18 bits per heavy atom. The summed E-state index contributed by atoms with van der Waals surface area (Å²) < 4.78 is 62.3. The van der Waals surface area contributed by atoms with Crippen molar-refractivity contribution in [1.82, 2.24) is 31.0 Å². The number of nitrogens with one attached hydrogen (secondary N) is 3. The summed E-state index contributed by atoms with van der Waals surface area (Å²) in [6, 6.07) is 15.6. The molecule has 22 heteroatoms. The first-order valence-corrected chi connectivity index (χ1v) is 27.2. The number of nitrogens with zero attached hydrogens (tertiary/aromatic N) is 6. The second kappa shape index (κ2) is 25.1. The molecule has 0 aliphatic carbocycles. The van der Waals surface area contributed by atoms with Crippen molar-refractivity contribution in [3.05, 3.63) is 117 Å². The summed E-state index contributed by atoms with van der Waals surface area (Å²) >= 11 is 7.06. The molecule has 2 aromatic heterocycles. The molecule has 0 bridgehead atoms. The van der Waals surface area contributed by atoms with Crippen LogP contribution in [0.25, 0.3) is 10.4 Å². The zero-order chi connectivity index (χ0) is 56.6. The molecule has 7 rings (SSSR count). The molecular formula is C56H63F4N9O7S2. The van der Waals surface area contributed by atoms with E-state index in [-0.39, 0.29) is 59.2 Å². The Morgan fingerprint density at radius 2 is 1.59 bits per heavy atom. The molecule has 3 aromatic carbocycles. The minimum absolute atomic E-state index is 0.0281. The van der Waals surface area contributed by atoms with Crippen LogP contribution in [0.4, 0.5) is 28.9 Å². The van der Waals surface area contributed by atoms with Gasteiger partial charge in [-0.1, -0.05) is 75.4 Å². The number of thiocarbonyl (C=S) groups is 1. The van der Waals surface area contributed by atoms with Crippen molar-refractivity contribution in [2.75, 3.05) is 29.4 Å². The first-order chi connectivity index (χ1) is 37.0. The predicted octanol–water partition coefficient (Wildman–Crippen LogP) is 9.59. The van der Waals surface area contributed by atoms with Crippen molar-refractivity contribution in [3.8, 4) is 16.5 Å². The average Bonchev–Trinajstić information content (AvgIpc) is 4.29. The van der Waals surface area contributed by atoms with Gasteiger partial charge in [0, 0.05) is 37.8 Å². The minimum Gasteiger partial charge on any atom is -0.391 e. The Kier molecular flexibility index (Phi) is 18.9. The number of halogens is 4. The lowest BCUT2D eigenvalue weighted by Gasteiger charge is -2.30. The fourth-order valence-electron chi connectivity index (χ4n) is 9.92. The van der Waals surface area contributed by atoms with E-state index in [0.717, 1.165) is 71.7 Å². The summed E-state index contributed by atoms with van der Waals surface area (Å²) in [5, 5.41) is 32.5. The molecule has 2 saturated heterocycles. The molecule has 2 fully saturated rings. The molecule has 414 valence electrons. The quantitative estimate of drug-likeness (QED) is 0.0290. The summed E-state index contributed by atoms with van der Waals surface area (Å²) in [5.74, 6) is -3.83. The summed E-state index contributed by atoms with van der Waals surface area (Å²) in [6.07, 6.45) is -0.104. The number of rotatable bonds is 22. The molecule has 0 unspecified atom stereocenters. The van der Waals surface area contributed by atoms with Crippen molar-refractivity contribution in [3.63, 3.8) is 0 Å². The molecule has 5 aromatic rings. The number of aromatic nitrogens is 2. The van der Waals surface area contributed by atoms with Crippen LogP contribution >= 0.6 is 23.6 Å². The smallest absolute Gasteiger partial charge is 0.391 e. The predicted molar refractivity (Wildman–Crippen MR) is 290 cm³/mol. The van der Waals surface area contributed by atoms with Gasteiger partial charge in [-0.3, -0.25) is 28.9 Å². The number of likely N-dealkylation sites (tertiary alicyclic amines) is 1. The number of anilines is 2. The number of hydrogen-bond acceptors (Lipinski definition) is 12. The van der Waals surface area contributed by atoms with Crippen molar-refractivity contribution < 1.29 is 51.2 Å². The molecule has 0 spiro atoms. The number of amides is 5. The Balaban J connectivity index is 0.849. The van der Waals surface area contributed by atoms with Crippen LogP contribution in [-0.2, 0) is 25.4 Å². The van der Waals surface area contributed by atoms with Crippen molar-refractivity contribution >= 4 is 69.6 Å². The largest absolute Gasteiger partial charge is 0.417 e. The molecule has 5 amide bonds. The lowest BCUT2D eigenvalue weighted by Crippen LogP contribution is -2.49. The van der Waals surface area contributed by atoms with E-state index >= 15 is 4.39 Å². The second-order valence-corrected chi connectivity index (χ2v) is 21.8. The van der Waals surface area contributed by atoms with Gasteiger partial charge in [-0.15, -0.1) is 11.3 Å². The summed E-state index contributed by atoms with van der Waals surface area (Å²) in [6.45, 7) is 11.1. The number of hydrogen-bond donors (Lipinski definition) is 4. The third-order valence-electron chi connectivity index (χ3n) is 14.0. The van der Waals surface area contributed by atoms with E-state index in [2.05, 4.69) is 26.1 Å². The highest BCUT2D eigenvalue weighted by atomic mass is 32.1. The average molecular weight is 1110 g/mol. The van der Waals surface area contributed by atoms with E-state index < -0.39 is 70.5 Å². The Bertz CT molecular complexity index is 3060. The zero-order valence-corrected chi connectivity index (χ0v) is 45.8. The van der Waals surface area contributed by atoms with Gasteiger partial charge < -0.3 is 35.4 Å². The van der Waals surface area contributed by atoms with E-state index in [4.69, 9.17) is 16.7 Å². The Hall–Kier alpha value is -7.09. The van der Waals surface area contributed by atoms with Gasteiger partial charge in [0.05, 0.1) is 68.8 Å². The first-order valence-electron chi connectivity index (χ1n) is 25.9. The van der Waals surface area contributed by atoms with Gasteiger partial charge in [-0.05, 0) is 106 Å². The fraction of sp³-hybridized carbons (Fsp3) is 0.446. The summed E-state index contributed by atoms with van der Waals surface area (Å²) in [4.78, 5) is 77.3. The molecule has 4 atom stereocenters. The van der Waals surface area contributed by atoms with Crippen molar-refractivity contribution in [2.24, 2.45) is 5.92 Å². The number of aryl methyl sites for hydroxylation is 2. The van der Waals surface area contributed by atoms with Crippen molar-refractivity contribution in [1.29, 1.82) is 5.26 Å². The number of carbonyl (C=O) groups excluding carboxylic acids is 5. The van der Waals surface area contributed by atoms with Gasteiger partial charge >= 0.3 is 6.18 Å². The van der Waals surface area contributed by atoms with Crippen LogP contribution in [0.1, 0.15) is 142 Å². The number of unbranched alkanes of at least 4 members (excludes halogenated alkanes) is 6. The van der Waals surface area contributed by atoms with Gasteiger partial charge in [-0.25, -0.2) is 9.37 Å². The number of aliphatic hydroxyl groups is 1. The van der Waals surface area contributed by atoms with E-state index in [1.807, 2.05) is 45.0 Å². The molecule has 16 nitrogen and oxygen atoms in total. The number of thiazole rings is 1. The monoisotopic (exact) mass is 1110 g/mol. The molecule has 2 aliphatic rings. The summed E-state index contributed by atoms with van der Waals surface area (Å²) in [5.41, 5.74) is 1.28. The molecule has 4 N–H and O–H groups in total. The number of nitriles is 1. The molecule has 78 heavy (non-hydrogen) atoms. The fourth-order valence-corrected chi connectivity index (χ4v) is 11.3. The number of β-amino-alcohol motifs (C(OH)–C–C–N with tert-alkyl or cyclic N) is 1. The topological polar surface area (TPSA) is 214 Å². The van der Waals surface area contributed by atoms with E-state index in [1.165, 1.54) is 59.3 Å². The number of aliphatic hydroxyl groups excluding tert-OH is 1. The Labute approximate surface area is 459 Å². The van der Waals surface area contributed by atoms with E-state index in [1.54, 1.807) is 18.5 Å². The van der Waals surface area contributed by atoms with Gasteiger partial charge in [0.15, 0.2) is 5.11 Å². The number of carbonyl (C=O) groups is 5. The standard InChI is InChI=1S/C56H63F4N9O7S2/c1-32(2)48(46-24-33(3)66-76-46)52(74)67-30-40(70)27-45(67)51(73)65-44(35-14-16-36(17-15-35)49-34(4)64-31-78-49)28-47(71)62-22-12-10-8-7-9-11-13-23-63-50(72)41-21-20-39(26-43(41)57)69-54(77)68(53(75)55(69,5)6)38-19-18-37(29-61)42(25-38)56(58,59)60/h14-21,24-26,31-32,40,44-45,48,70H,7-13,22-23,27-28,30H2,1-6H3,(H,62,71)(H,63,72)(H,65,73)/t40-,44+,45+,48-/m1/s1. The van der Waals surface area contributed by atoms with Crippen LogP contribution in [0.2, 0.25) is 0 Å². The lowest BCUT2D eigenvalue weighted by atomic mass is 9.91. The van der Waals surface area contributed by atoms with Crippen LogP contribution in [0, 0.1) is 36.9 Å². The molecular weight excluding hydrogens is 1050 g/mol. The number of alkyl halides is 3. The third kappa shape index (κ3) is 13.4.